The largest absolute Gasteiger partial charge is 0.479 e. The number of rotatable bonds is 6. The van der Waals surface area contributed by atoms with Gasteiger partial charge in [0.15, 0.2) is 0 Å². The molecule has 0 bridgehead atoms. The standard InChI is InChI=1S/C17H20N4O2/c1-20-12-14(17(19-20)23-2)16(22)18-9-5-10-21-11-8-13-6-3-4-7-15(13)21/h3-4,6-8,11-12H,5,9-10H2,1-2H3,(H,18,22). The first-order valence-corrected chi connectivity index (χ1v) is 7.59. The first-order chi connectivity index (χ1) is 11.2. The molecule has 0 saturated heterocycles. The number of para-hydroxylation sites is 1. The lowest BCUT2D eigenvalue weighted by atomic mass is 10.2. The molecule has 2 aromatic heterocycles. The second-order valence-corrected chi connectivity index (χ2v) is 5.40. The van der Waals surface area contributed by atoms with E-state index in [1.54, 1.807) is 17.9 Å². The Morgan fingerprint density at radius 3 is 2.96 bits per heavy atom. The van der Waals surface area contributed by atoms with Crippen molar-refractivity contribution in [2.45, 2.75) is 13.0 Å². The summed E-state index contributed by atoms with van der Waals surface area (Å²) in [4.78, 5) is 12.2. The van der Waals surface area contributed by atoms with Gasteiger partial charge in [0.25, 0.3) is 5.91 Å². The molecule has 0 aliphatic rings. The van der Waals surface area contributed by atoms with Crippen LogP contribution in [0.25, 0.3) is 10.9 Å². The molecule has 0 unspecified atom stereocenters. The van der Waals surface area contributed by atoms with E-state index in [0.717, 1.165) is 13.0 Å². The number of methoxy groups -OCH3 is 1. The number of fused-ring (bicyclic) bond motifs is 1. The minimum atomic E-state index is -0.160. The second-order valence-electron chi connectivity index (χ2n) is 5.40. The summed E-state index contributed by atoms with van der Waals surface area (Å²) in [6.45, 7) is 1.46. The normalized spacial score (nSPS) is 10.9. The van der Waals surface area contributed by atoms with Crippen molar-refractivity contribution in [2.75, 3.05) is 13.7 Å². The van der Waals surface area contributed by atoms with Gasteiger partial charge in [0.05, 0.1) is 7.11 Å². The van der Waals surface area contributed by atoms with Crippen LogP contribution >= 0.6 is 0 Å². The lowest BCUT2D eigenvalue weighted by Crippen LogP contribution is -2.25. The van der Waals surface area contributed by atoms with Crippen LogP contribution in [0.3, 0.4) is 0 Å². The Hall–Kier alpha value is -2.76. The molecule has 0 aliphatic carbocycles. The van der Waals surface area contributed by atoms with Crippen LogP contribution in [-0.2, 0) is 13.6 Å². The molecule has 3 aromatic rings. The highest BCUT2D eigenvalue weighted by Gasteiger charge is 2.15. The summed E-state index contributed by atoms with van der Waals surface area (Å²) in [5, 5.41) is 8.23. The fourth-order valence-electron chi connectivity index (χ4n) is 2.66. The molecule has 0 fully saturated rings. The molecule has 23 heavy (non-hydrogen) atoms. The van der Waals surface area contributed by atoms with Crippen molar-refractivity contribution in [3.63, 3.8) is 0 Å². The van der Waals surface area contributed by atoms with Gasteiger partial charge in [0.2, 0.25) is 5.88 Å². The summed E-state index contributed by atoms with van der Waals surface area (Å²) in [5.74, 6) is 0.189. The van der Waals surface area contributed by atoms with E-state index in [1.807, 2.05) is 12.1 Å². The van der Waals surface area contributed by atoms with Crippen molar-refractivity contribution in [1.29, 1.82) is 0 Å². The molecule has 0 aliphatic heterocycles. The molecule has 0 atom stereocenters. The molecule has 0 radical (unpaired) electrons. The van der Waals surface area contributed by atoms with E-state index < -0.39 is 0 Å². The Labute approximate surface area is 134 Å². The van der Waals surface area contributed by atoms with E-state index in [2.05, 4.69) is 39.4 Å². The maximum Gasteiger partial charge on any atom is 0.258 e. The van der Waals surface area contributed by atoms with Crippen molar-refractivity contribution in [3.05, 3.63) is 48.3 Å². The predicted molar refractivity (Wildman–Crippen MR) is 88.6 cm³/mol. The number of nitrogens with one attached hydrogen (secondary N) is 1. The zero-order valence-corrected chi connectivity index (χ0v) is 13.3. The first-order valence-electron chi connectivity index (χ1n) is 7.59. The molecule has 120 valence electrons. The molecule has 0 spiro atoms. The van der Waals surface area contributed by atoms with E-state index in [1.165, 1.54) is 18.0 Å². The number of carbonyl (C=O) groups is 1. The molecule has 1 aromatic carbocycles. The van der Waals surface area contributed by atoms with Gasteiger partial charge in [-0.2, -0.15) is 0 Å². The Bertz CT molecular complexity index is 819. The van der Waals surface area contributed by atoms with Crippen molar-refractivity contribution >= 4 is 16.8 Å². The first kappa shape index (κ1) is 15.1. The minimum Gasteiger partial charge on any atom is -0.479 e. The minimum absolute atomic E-state index is 0.160. The van der Waals surface area contributed by atoms with Crippen LogP contribution in [0, 0.1) is 0 Å². The van der Waals surface area contributed by atoms with E-state index in [0.29, 0.717) is 18.0 Å². The lowest BCUT2D eigenvalue weighted by molar-refractivity contribution is 0.0949. The van der Waals surface area contributed by atoms with Gasteiger partial charge in [-0.1, -0.05) is 18.2 Å². The fraction of sp³-hybridized carbons (Fsp3) is 0.294. The molecule has 2 heterocycles. The van der Waals surface area contributed by atoms with Crippen molar-refractivity contribution < 1.29 is 9.53 Å². The van der Waals surface area contributed by atoms with E-state index >= 15 is 0 Å². The Morgan fingerprint density at radius 2 is 2.13 bits per heavy atom. The molecule has 1 N–H and O–H groups in total. The summed E-state index contributed by atoms with van der Waals surface area (Å²) in [5.41, 5.74) is 1.68. The number of carbonyl (C=O) groups excluding carboxylic acids is 1. The average Bonchev–Trinajstić information content (AvgIpc) is 3.15. The number of aryl methyl sites for hydroxylation is 2. The number of hydrogen-bond acceptors (Lipinski definition) is 3. The molecule has 1 amide bonds. The zero-order chi connectivity index (χ0) is 16.2. The number of ether oxygens (including phenoxy) is 1. The van der Waals surface area contributed by atoms with Crippen molar-refractivity contribution in [3.8, 4) is 5.88 Å². The molecule has 0 saturated carbocycles. The van der Waals surface area contributed by atoms with Gasteiger partial charge in [-0.3, -0.25) is 9.48 Å². The Kier molecular flexibility index (Phi) is 4.32. The van der Waals surface area contributed by atoms with Gasteiger partial charge in [-0.05, 0) is 23.9 Å². The van der Waals surface area contributed by atoms with E-state index in [4.69, 9.17) is 4.74 Å². The second kappa shape index (κ2) is 6.56. The highest BCUT2D eigenvalue weighted by atomic mass is 16.5. The monoisotopic (exact) mass is 312 g/mol. The van der Waals surface area contributed by atoms with Crippen molar-refractivity contribution in [1.82, 2.24) is 19.7 Å². The molecule has 6 nitrogen and oxygen atoms in total. The van der Waals surface area contributed by atoms with Crippen LogP contribution in [0.1, 0.15) is 16.8 Å². The number of benzene rings is 1. The smallest absolute Gasteiger partial charge is 0.258 e. The zero-order valence-electron chi connectivity index (χ0n) is 13.3. The van der Waals surface area contributed by atoms with Crippen LogP contribution < -0.4 is 10.1 Å². The fourth-order valence-corrected chi connectivity index (χ4v) is 2.66. The Balaban J connectivity index is 1.54. The van der Waals surface area contributed by atoms with Gasteiger partial charge in [-0.25, -0.2) is 0 Å². The van der Waals surface area contributed by atoms with E-state index in [-0.39, 0.29) is 5.91 Å². The number of nitrogens with zero attached hydrogens (tertiary/aromatic N) is 3. The van der Waals surface area contributed by atoms with Crippen LogP contribution in [0.15, 0.2) is 42.7 Å². The topological polar surface area (TPSA) is 61.1 Å². The van der Waals surface area contributed by atoms with Gasteiger partial charge >= 0.3 is 0 Å². The van der Waals surface area contributed by atoms with Crippen LogP contribution in [0.2, 0.25) is 0 Å². The highest BCUT2D eigenvalue weighted by molar-refractivity contribution is 5.96. The average molecular weight is 312 g/mol. The Morgan fingerprint density at radius 1 is 1.30 bits per heavy atom. The highest BCUT2D eigenvalue weighted by Crippen LogP contribution is 2.16. The number of hydrogen-bond donors (Lipinski definition) is 1. The molecule has 3 rings (SSSR count). The lowest BCUT2D eigenvalue weighted by Gasteiger charge is -2.07. The number of amides is 1. The summed E-state index contributed by atoms with van der Waals surface area (Å²) in [6.07, 6.45) is 4.59. The summed E-state index contributed by atoms with van der Waals surface area (Å²) >= 11 is 0. The summed E-state index contributed by atoms with van der Waals surface area (Å²) in [7, 11) is 3.27. The van der Waals surface area contributed by atoms with Crippen LogP contribution in [-0.4, -0.2) is 33.9 Å². The third-order valence-corrected chi connectivity index (χ3v) is 3.77. The van der Waals surface area contributed by atoms with Gasteiger partial charge in [0.1, 0.15) is 5.56 Å². The molecular weight excluding hydrogens is 292 g/mol. The molecular formula is C17H20N4O2. The van der Waals surface area contributed by atoms with Crippen LogP contribution in [0.4, 0.5) is 0 Å². The van der Waals surface area contributed by atoms with Gasteiger partial charge < -0.3 is 14.6 Å². The summed E-state index contributed by atoms with van der Waals surface area (Å²) in [6, 6.07) is 10.4. The summed E-state index contributed by atoms with van der Waals surface area (Å²) < 4.78 is 8.87. The quantitative estimate of drug-likeness (QED) is 0.710. The predicted octanol–water partition coefficient (Wildman–Crippen LogP) is 2.20. The van der Waals surface area contributed by atoms with Gasteiger partial charge in [0, 0.05) is 38.0 Å². The third kappa shape index (κ3) is 3.21. The SMILES string of the molecule is COc1nn(C)cc1C(=O)NCCCn1ccc2ccccc21. The van der Waals surface area contributed by atoms with Gasteiger partial charge in [-0.15, -0.1) is 5.10 Å². The van der Waals surface area contributed by atoms with Crippen LogP contribution in [0.5, 0.6) is 5.88 Å². The molecule has 6 heteroatoms. The third-order valence-electron chi connectivity index (χ3n) is 3.77. The van der Waals surface area contributed by atoms with Crippen molar-refractivity contribution in [2.24, 2.45) is 7.05 Å². The maximum atomic E-state index is 12.2. The maximum absolute atomic E-state index is 12.2. The van der Waals surface area contributed by atoms with E-state index in [9.17, 15) is 4.79 Å². The number of aromatic nitrogens is 3.